The van der Waals surface area contributed by atoms with Crippen LogP contribution in [0.25, 0.3) is 0 Å². The highest BCUT2D eigenvalue weighted by molar-refractivity contribution is 6.02. The smallest absolute Gasteiger partial charge is 0.335 e. The third kappa shape index (κ3) is 3.51. The van der Waals surface area contributed by atoms with Gasteiger partial charge >= 0.3 is 11.9 Å². The number of ether oxygens (including phenoxy) is 1. The number of aliphatic carboxylic acids is 2. The van der Waals surface area contributed by atoms with E-state index in [4.69, 9.17) is 14.9 Å². The van der Waals surface area contributed by atoms with Crippen molar-refractivity contribution in [3.8, 4) is 0 Å². The lowest BCUT2D eigenvalue weighted by Gasteiger charge is -2.32. The van der Waals surface area contributed by atoms with E-state index in [9.17, 15) is 14.4 Å². The molecule has 0 saturated heterocycles. The summed E-state index contributed by atoms with van der Waals surface area (Å²) in [4.78, 5) is 33.4. The Morgan fingerprint density at radius 2 is 1.95 bits per heavy atom. The maximum Gasteiger partial charge on any atom is 0.335 e. The van der Waals surface area contributed by atoms with Crippen molar-refractivity contribution in [1.29, 1.82) is 0 Å². The summed E-state index contributed by atoms with van der Waals surface area (Å²) in [6.07, 6.45) is 2.55. The number of rotatable bonds is 6. The molecular weight excluding hydrogens is 252 g/mol. The largest absolute Gasteiger partial charge is 0.481 e. The summed E-state index contributed by atoms with van der Waals surface area (Å²) < 4.78 is 5.27. The Kier molecular flexibility index (Phi) is 4.61. The monoisotopic (exact) mass is 268 g/mol. The topological polar surface area (TPSA) is 101 Å². The Balaban J connectivity index is 3.01. The number of methoxy groups -OCH3 is 1. The third-order valence-corrected chi connectivity index (χ3v) is 3.14. The van der Waals surface area contributed by atoms with Gasteiger partial charge in [-0.05, 0) is 19.4 Å². The second kappa shape index (κ2) is 5.79. The van der Waals surface area contributed by atoms with Crippen molar-refractivity contribution in [2.75, 3.05) is 7.11 Å². The van der Waals surface area contributed by atoms with Crippen LogP contribution < -0.4 is 0 Å². The molecular formula is C13H16O6. The van der Waals surface area contributed by atoms with Crippen molar-refractivity contribution < 1.29 is 29.3 Å². The van der Waals surface area contributed by atoms with Gasteiger partial charge in [-0.25, -0.2) is 4.79 Å². The highest BCUT2D eigenvalue weighted by Crippen LogP contribution is 2.32. The minimum atomic E-state index is -1.12. The van der Waals surface area contributed by atoms with E-state index in [1.165, 1.54) is 19.3 Å². The average Bonchev–Trinajstić information content (AvgIpc) is 2.36. The fraction of sp³-hybridized carbons (Fsp3) is 0.462. The van der Waals surface area contributed by atoms with E-state index in [1.54, 1.807) is 6.92 Å². The molecule has 19 heavy (non-hydrogen) atoms. The lowest BCUT2D eigenvalue weighted by atomic mass is 9.82. The van der Waals surface area contributed by atoms with Crippen molar-refractivity contribution in [2.45, 2.75) is 31.8 Å². The summed E-state index contributed by atoms with van der Waals surface area (Å²) in [5.41, 5.74) is -0.682. The summed E-state index contributed by atoms with van der Waals surface area (Å²) in [6, 6.07) is 0. The number of carboxylic acid groups (broad SMARTS) is 2. The molecule has 1 aliphatic carbocycles. The van der Waals surface area contributed by atoms with Gasteiger partial charge in [0.05, 0.1) is 17.6 Å². The first kappa shape index (κ1) is 15.1. The molecule has 0 heterocycles. The normalized spacial score (nSPS) is 22.4. The van der Waals surface area contributed by atoms with Crippen LogP contribution in [0.5, 0.6) is 0 Å². The van der Waals surface area contributed by atoms with Crippen LogP contribution in [0.1, 0.15) is 26.2 Å². The second-order valence-corrected chi connectivity index (χ2v) is 4.48. The molecule has 0 aromatic rings. The standard InChI is InChI=1S/C13H16O6/c1-13(19-2)6-5-8(12(17)18)7-9(13)10(14)3-4-11(15)16/h5,7H,3-4,6H2,1-2H3,(H,15,16)(H,17,18). The Morgan fingerprint density at radius 1 is 1.32 bits per heavy atom. The van der Waals surface area contributed by atoms with E-state index in [0.29, 0.717) is 0 Å². The number of hydrogen-bond acceptors (Lipinski definition) is 4. The Bertz CT molecular complexity index is 474. The number of carbonyl (C=O) groups is 3. The van der Waals surface area contributed by atoms with Crippen molar-refractivity contribution in [3.05, 3.63) is 23.3 Å². The molecule has 0 radical (unpaired) electrons. The van der Waals surface area contributed by atoms with Crippen LogP contribution in [0.4, 0.5) is 0 Å². The van der Waals surface area contributed by atoms with Crippen molar-refractivity contribution in [3.63, 3.8) is 0 Å². The zero-order valence-electron chi connectivity index (χ0n) is 10.8. The summed E-state index contributed by atoms with van der Waals surface area (Å²) in [7, 11) is 1.43. The molecule has 0 amide bonds. The average molecular weight is 268 g/mol. The third-order valence-electron chi connectivity index (χ3n) is 3.14. The summed E-state index contributed by atoms with van der Waals surface area (Å²) in [6.45, 7) is 1.67. The van der Waals surface area contributed by atoms with E-state index in [0.717, 1.165) is 0 Å². The maximum atomic E-state index is 12.0. The fourth-order valence-electron chi connectivity index (χ4n) is 1.85. The van der Waals surface area contributed by atoms with Crippen LogP contribution in [0, 0.1) is 0 Å². The number of Topliss-reactive ketones (excluding diaryl/α,β-unsaturated/α-hetero) is 1. The van der Waals surface area contributed by atoms with Crippen LogP contribution in [0.3, 0.4) is 0 Å². The Labute approximate surface area is 110 Å². The lowest BCUT2D eigenvalue weighted by molar-refractivity contribution is -0.138. The minimum absolute atomic E-state index is 0.0215. The number of carbonyl (C=O) groups excluding carboxylic acids is 1. The number of hydrogen-bond donors (Lipinski definition) is 2. The Hall–Kier alpha value is -1.95. The van der Waals surface area contributed by atoms with Gasteiger partial charge in [-0.15, -0.1) is 0 Å². The van der Waals surface area contributed by atoms with Gasteiger partial charge in [0.1, 0.15) is 0 Å². The van der Waals surface area contributed by atoms with Gasteiger partial charge in [-0.3, -0.25) is 9.59 Å². The molecule has 6 heteroatoms. The molecule has 1 atom stereocenters. The van der Waals surface area contributed by atoms with E-state index < -0.39 is 23.3 Å². The molecule has 104 valence electrons. The molecule has 0 fully saturated rings. The zero-order chi connectivity index (χ0) is 14.6. The first-order chi connectivity index (χ1) is 8.80. The predicted molar refractivity (Wildman–Crippen MR) is 65.7 cm³/mol. The van der Waals surface area contributed by atoms with Crippen molar-refractivity contribution >= 4 is 17.7 Å². The Morgan fingerprint density at radius 3 is 2.42 bits per heavy atom. The lowest BCUT2D eigenvalue weighted by Crippen LogP contribution is -2.36. The van der Waals surface area contributed by atoms with E-state index in [2.05, 4.69) is 0 Å². The van der Waals surface area contributed by atoms with E-state index in [-0.39, 0.29) is 30.4 Å². The zero-order valence-corrected chi connectivity index (χ0v) is 10.8. The maximum absolute atomic E-state index is 12.0. The molecule has 0 aliphatic heterocycles. The summed E-state index contributed by atoms with van der Waals surface area (Å²) >= 11 is 0. The molecule has 0 saturated carbocycles. The van der Waals surface area contributed by atoms with Crippen LogP contribution in [-0.2, 0) is 19.1 Å². The van der Waals surface area contributed by atoms with Crippen molar-refractivity contribution in [1.82, 2.24) is 0 Å². The molecule has 1 rings (SSSR count). The van der Waals surface area contributed by atoms with Gasteiger partial charge in [-0.2, -0.15) is 0 Å². The van der Waals surface area contributed by atoms with Crippen LogP contribution in [0.15, 0.2) is 23.3 Å². The second-order valence-electron chi connectivity index (χ2n) is 4.48. The molecule has 0 spiro atoms. The molecule has 2 N–H and O–H groups in total. The van der Waals surface area contributed by atoms with E-state index >= 15 is 0 Å². The molecule has 6 nitrogen and oxygen atoms in total. The first-order valence-electron chi connectivity index (χ1n) is 5.76. The number of ketones is 1. The SMILES string of the molecule is COC1(C)CC=C(C(=O)O)C=C1C(=O)CCC(=O)O. The predicted octanol–water partition coefficient (Wildman–Crippen LogP) is 1.17. The van der Waals surface area contributed by atoms with E-state index in [1.807, 2.05) is 0 Å². The number of carboxylic acids is 2. The molecule has 0 aromatic carbocycles. The molecule has 1 aliphatic rings. The quantitative estimate of drug-likeness (QED) is 0.749. The van der Waals surface area contributed by atoms with Gasteiger partial charge in [0, 0.05) is 19.1 Å². The highest BCUT2D eigenvalue weighted by Gasteiger charge is 2.35. The van der Waals surface area contributed by atoms with Crippen LogP contribution >= 0.6 is 0 Å². The van der Waals surface area contributed by atoms with Gasteiger partial charge in [-0.1, -0.05) is 6.08 Å². The first-order valence-corrected chi connectivity index (χ1v) is 5.76. The molecule has 0 bridgehead atoms. The summed E-state index contributed by atoms with van der Waals surface area (Å²) in [5, 5.41) is 17.5. The van der Waals surface area contributed by atoms with Crippen molar-refractivity contribution in [2.24, 2.45) is 0 Å². The van der Waals surface area contributed by atoms with Gasteiger partial charge < -0.3 is 14.9 Å². The minimum Gasteiger partial charge on any atom is -0.481 e. The van der Waals surface area contributed by atoms with Crippen LogP contribution in [0.2, 0.25) is 0 Å². The fourth-order valence-corrected chi connectivity index (χ4v) is 1.85. The van der Waals surface area contributed by atoms with Gasteiger partial charge in [0.25, 0.3) is 0 Å². The van der Waals surface area contributed by atoms with Gasteiger partial charge in [0.15, 0.2) is 5.78 Å². The molecule has 0 aromatic heterocycles. The van der Waals surface area contributed by atoms with Gasteiger partial charge in [0.2, 0.25) is 0 Å². The summed E-state index contributed by atoms with van der Waals surface area (Å²) in [5.74, 6) is -2.60. The van der Waals surface area contributed by atoms with Crippen LogP contribution in [-0.4, -0.2) is 40.6 Å². The highest BCUT2D eigenvalue weighted by atomic mass is 16.5. The molecule has 1 unspecified atom stereocenters.